The van der Waals surface area contributed by atoms with Crippen molar-refractivity contribution in [2.45, 2.75) is 37.6 Å². The van der Waals surface area contributed by atoms with E-state index in [9.17, 15) is 27.6 Å². The summed E-state index contributed by atoms with van der Waals surface area (Å²) in [6.45, 7) is 0.148. The number of benzene rings is 1. The minimum Gasteiger partial charge on any atom is -0.349 e. The van der Waals surface area contributed by atoms with Crippen LogP contribution in [0.25, 0.3) is 0 Å². The molecule has 2 aromatic heterocycles. The number of aromatic nitrogens is 2. The van der Waals surface area contributed by atoms with E-state index in [1.807, 2.05) is 11.4 Å². The predicted molar refractivity (Wildman–Crippen MR) is 117 cm³/mol. The average Bonchev–Trinajstić information content (AvgIpc) is 3.67. The van der Waals surface area contributed by atoms with Crippen molar-refractivity contribution in [1.82, 2.24) is 20.2 Å². The summed E-state index contributed by atoms with van der Waals surface area (Å²) in [5.41, 5.74) is -1.40. The molecule has 34 heavy (non-hydrogen) atoms. The fourth-order valence-electron chi connectivity index (χ4n) is 3.46. The van der Waals surface area contributed by atoms with E-state index in [-0.39, 0.29) is 18.2 Å². The zero-order valence-corrected chi connectivity index (χ0v) is 17.9. The van der Waals surface area contributed by atoms with E-state index in [4.69, 9.17) is 0 Å². The van der Waals surface area contributed by atoms with Crippen LogP contribution in [0.15, 0.2) is 71.9 Å². The molecule has 0 unspecified atom stereocenters. The van der Waals surface area contributed by atoms with Gasteiger partial charge >= 0.3 is 6.18 Å². The maximum Gasteiger partial charge on any atom is 0.414 e. The van der Waals surface area contributed by atoms with E-state index in [0.717, 1.165) is 24.5 Å². The Balaban J connectivity index is 1.63. The van der Waals surface area contributed by atoms with E-state index in [1.165, 1.54) is 35.3 Å². The first-order valence-corrected chi connectivity index (χ1v) is 10.6. The van der Waals surface area contributed by atoms with Crippen molar-refractivity contribution in [3.8, 4) is 0 Å². The third kappa shape index (κ3) is 5.33. The van der Waals surface area contributed by atoms with Crippen LogP contribution in [0.1, 0.15) is 56.9 Å². The fraction of sp³-hybridized carbons (Fsp3) is 0.250. The number of hydrogen-bond donors (Lipinski definition) is 2. The van der Waals surface area contributed by atoms with Gasteiger partial charge in [0.2, 0.25) is 5.43 Å². The zero-order valence-electron chi connectivity index (χ0n) is 17.9. The van der Waals surface area contributed by atoms with Gasteiger partial charge in [0.25, 0.3) is 11.8 Å². The van der Waals surface area contributed by atoms with Gasteiger partial charge in [-0.1, -0.05) is 36.4 Å². The van der Waals surface area contributed by atoms with Crippen molar-refractivity contribution in [2.24, 2.45) is 0 Å². The van der Waals surface area contributed by atoms with Crippen LogP contribution >= 0.6 is 0 Å². The minimum absolute atomic E-state index is 0.0259. The summed E-state index contributed by atoms with van der Waals surface area (Å²) in [7, 11) is 0. The first-order chi connectivity index (χ1) is 16.2. The Hall–Kier alpha value is -3.95. The Kier molecular flexibility index (Phi) is 6.49. The molecule has 7 nitrogen and oxygen atoms in total. The van der Waals surface area contributed by atoms with Gasteiger partial charge < -0.3 is 15.2 Å². The molecule has 1 aliphatic carbocycles. The van der Waals surface area contributed by atoms with Crippen molar-refractivity contribution in [2.75, 3.05) is 0 Å². The van der Waals surface area contributed by atoms with Crippen LogP contribution in [-0.2, 0) is 6.54 Å². The van der Waals surface area contributed by atoms with E-state index < -0.39 is 40.7 Å². The predicted octanol–water partition coefficient (Wildman–Crippen LogP) is 3.54. The van der Waals surface area contributed by atoms with Crippen molar-refractivity contribution < 1.29 is 22.8 Å². The second-order valence-corrected chi connectivity index (χ2v) is 7.96. The average molecular weight is 470 g/mol. The molecule has 0 saturated heterocycles. The molecule has 2 heterocycles. The first kappa shape index (κ1) is 23.2. The Labute approximate surface area is 192 Å². The van der Waals surface area contributed by atoms with Gasteiger partial charge in [0.05, 0.1) is 5.69 Å². The van der Waals surface area contributed by atoms with E-state index in [1.54, 1.807) is 24.3 Å². The van der Waals surface area contributed by atoms with Crippen molar-refractivity contribution in [1.29, 1.82) is 0 Å². The molecule has 0 spiro atoms. The molecule has 0 radical (unpaired) electrons. The lowest BCUT2D eigenvalue weighted by atomic mass is 10.1. The summed E-state index contributed by atoms with van der Waals surface area (Å²) in [5.74, 6) is -1.94. The Morgan fingerprint density at radius 2 is 1.65 bits per heavy atom. The highest BCUT2D eigenvalue weighted by molar-refractivity contribution is 5.99. The fourth-order valence-corrected chi connectivity index (χ4v) is 3.46. The van der Waals surface area contributed by atoms with Gasteiger partial charge in [0.15, 0.2) is 6.04 Å². The highest BCUT2D eigenvalue weighted by atomic mass is 19.4. The van der Waals surface area contributed by atoms with E-state index >= 15 is 0 Å². The van der Waals surface area contributed by atoms with E-state index in [0.29, 0.717) is 0 Å². The second-order valence-electron chi connectivity index (χ2n) is 7.96. The first-order valence-electron chi connectivity index (χ1n) is 10.6. The van der Waals surface area contributed by atoms with Gasteiger partial charge in [0.1, 0.15) is 11.1 Å². The van der Waals surface area contributed by atoms with Gasteiger partial charge in [-0.3, -0.25) is 19.4 Å². The van der Waals surface area contributed by atoms with Crippen LogP contribution in [0.5, 0.6) is 0 Å². The van der Waals surface area contributed by atoms with Gasteiger partial charge in [-0.15, -0.1) is 0 Å². The van der Waals surface area contributed by atoms with Crippen LogP contribution in [0.3, 0.4) is 0 Å². The van der Waals surface area contributed by atoms with Gasteiger partial charge in [-0.05, 0) is 30.5 Å². The highest BCUT2D eigenvalue weighted by Gasteiger charge is 2.43. The molecule has 1 atom stereocenters. The van der Waals surface area contributed by atoms with Crippen LogP contribution in [0.2, 0.25) is 0 Å². The molecule has 2 amide bonds. The lowest BCUT2D eigenvalue weighted by molar-refractivity contribution is -0.156. The van der Waals surface area contributed by atoms with Gasteiger partial charge in [-0.2, -0.15) is 13.2 Å². The van der Waals surface area contributed by atoms with Crippen molar-refractivity contribution in [3.05, 3.63) is 99.7 Å². The molecule has 1 aromatic carbocycles. The number of rotatable bonds is 7. The number of carbonyl (C=O) groups is 2. The molecule has 1 saturated carbocycles. The number of amides is 2. The summed E-state index contributed by atoms with van der Waals surface area (Å²) in [6.07, 6.45) is 0.427. The molecule has 0 aliphatic heterocycles. The number of pyridine rings is 2. The molecular formula is C24H21F3N4O3. The molecule has 1 fully saturated rings. The Bertz CT molecular complexity index is 1240. The third-order valence-corrected chi connectivity index (χ3v) is 5.39. The number of halogens is 3. The van der Waals surface area contributed by atoms with Crippen molar-refractivity contribution >= 4 is 11.8 Å². The second kappa shape index (κ2) is 9.50. The van der Waals surface area contributed by atoms with Gasteiger partial charge in [0, 0.05) is 31.2 Å². The Morgan fingerprint density at radius 1 is 1.00 bits per heavy atom. The zero-order chi connectivity index (χ0) is 24.3. The lowest BCUT2D eigenvalue weighted by Gasteiger charge is -2.21. The standard InChI is InChI=1S/C24H21F3N4O3/c25-24(26,27)21(19-8-4-5-11-28-19)30-23(34)18-14-31(16-9-10-16)13-17(20(18)32)22(33)29-12-15-6-2-1-3-7-15/h1-8,11,13-14,16,21H,9-10,12H2,(H,29,33)(H,30,34)/t21-/m1/s1. The molecular weight excluding hydrogens is 449 g/mol. The maximum atomic E-state index is 13.7. The minimum atomic E-state index is -4.84. The van der Waals surface area contributed by atoms with Crippen LogP contribution in [0.4, 0.5) is 13.2 Å². The molecule has 0 bridgehead atoms. The monoisotopic (exact) mass is 470 g/mol. The quantitative estimate of drug-likeness (QED) is 0.553. The maximum absolute atomic E-state index is 13.7. The number of nitrogens with zero attached hydrogens (tertiary/aromatic N) is 2. The third-order valence-electron chi connectivity index (χ3n) is 5.39. The molecule has 176 valence electrons. The summed E-state index contributed by atoms with van der Waals surface area (Å²) in [4.78, 5) is 42.3. The summed E-state index contributed by atoms with van der Waals surface area (Å²) in [6, 6.07) is 10.5. The summed E-state index contributed by atoms with van der Waals surface area (Å²) < 4.78 is 42.5. The van der Waals surface area contributed by atoms with Crippen LogP contribution < -0.4 is 16.1 Å². The Morgan fingerprint density at radius 3 is 2.24 bits per heavy atom. The molecule has 2 N–H and O–H groups in total. The number of hydrogen-bond acceptors (Lipinski definition) is 4. The molecule has 4 rings (SSSR count). The smallest absolute Gasteiger partial charge is 0.349 e. The molecule has 3 aromatic rings. The van der Waals surface area contributed by atoms with Crippen LogP contribution in [0, 0.1) is 0 Å². The molecule has 10 heteroatoms. The summed E-state index contributed by atoms with van der Waals surface area (Å²) >= 11 is 0. The van der Waals surface area contributed by atoms with Gasteiger partial charge in [-0.25, -0.2) is 0 Å². The van der Waals surface area contributed by atoms with Crippen molar-refractivity contribution in [3.63, 3.8) is 0 Å². The lowest BCUT2D eigenvalue weighted by Crippen LogP contribution is -2.41. The number of nitrogens with one attached hydrogen (secondary N) is 2. The topological polar surface area (TPSA) is 93.1 Å². The van der Waals surface area contributed by atoms with E-state index in [2.05, 4.69) is 10.3 Å². The normalized spacial score (nSPS) is 14.3. The number of alkyl halides is 3. The van der Waals surface area contributed by atoms with Crippen LogP contribution in [-0.4, -0.2) is 27.5 Å². The highest BCUT2D eigenvalue weighted by Crippen LogP contribution is 2.35. The largest absolute Gasteiger partial charge is 0.414 e. The summed E-state index contributed by atoms with van der Waals surface area (Å²) in [5, 5.41) is 4.50. The number of carbonyl (C=O) groups excluding carboxylic acids is 2. The SMILES string of the molecule is O=C(NCc1ccccc1)c1cn(C2CC2)cc(C(=O)N[C@H](c2ccccn2)C(F)(F)F)c1=O. The molecule has 1 aliphatic rings.